The zero-order chi connectivity index (χ0) is 18.2. The Morgan fingerprint density at radius 2 is 1.80 bits per heavy atom. The highest BCUT2D eigenvalue weighted by atomic mass is 32.2. The number of hydrogen-bond acceptors (Lipinski definition) is 6. The third kappa shape index (κ3) is 3.72. The van der Waals surface area contributed by atoms with Gasteiger partial charge in [-0.3, -0.25) is 4.72 Å². The van der Waals surface area contributed by atoms with Crippen LogP contribution in [0.4, 0.5) is 5.13 Å². The normalized spacial score (nSPS) is 12.3. The quantitative estimate of drug-likeness (QED) is 0.754. The largest absolute Gasteiger partial charge is 0.267 e. The first kappa shape index (κ1) is 17.6. The van der Waals surface area contributed by atoms with E-state index in [1.165, 1.54) is 17.5 Å². The van der Waals surface area contributed by atoms with Gasteiger partial charge >= 0.3 is 0 Å². The predicted octanol–water partition coefficient (Wildman–Crippen LogP) is 3.13. The fraction of sp³-hybridized carbons (Fsp3) is 0.312. The third-order valence-electron chi connectivity index (χ3n) is 3.45. The lowest BCUT2D eigenvalue weighted by atomic mass is 9.92. The highest BCUT2D eigenvalue weighted by Crippen LogP contribution is 2.30. The molecule has 3 aromatic rings. The van der Waals surface area contributed by atoms with Gasteiger partial charge in [0.05, 0.1) is 17.6 Å². The molecule has 0 radical (unpaired) electrons. The molecule has 2 aromatic heterocycles. The summed E-state index contributed by atoms with van der Waals surface area (Å²) in [7, 11) is -3.83. The molecule has 1 N–H and O–H groups in total. The van der Waals surface area contributed by atoms with E-state index in [0.29, 0.717) is 10.7 Å². The second-order valence-electron chi connectivity index (χ2n) is 6.60. The number of anilines is 1. The SMILES string of the molecule is Cc1nnc(NS(=O)(=O)c2cn(-c3ccccc3)nc2C(C)(C)C)s1. The van der Waals surface area contributed by atoms with Crippen LogP contribution in [0.1, 0.15) is 31.5 Å². The standard InChI is InChI=1S/C16H19N5O2S2/c1-11-17-18-15(24-11)20-25(22,23)13-10-21(12-8-6-5-7-9-12)19-14(13)16(2,3)4/h5-10H,1-4H3,(H,18,20). The molecule has 0 bridgehead atoms. The van der Waals surface area contributed by atoms with Crippen molar-refractivity contribution in [2.24, 2.45) is 0 Å². The Kier molecular flexibility index (Phi) is 4.38. The number of nitrogens with zero attached hydrogens (tertiary/aromatic N) is 4. The molecule has 0 aliphatic carbocycles. The highest BCUT2D eigenvalue weighted by Gasteiger charge is 2.31. The van der Waals surface area contributed by atoms with E-state index in [4.69, 9.17) is 0 Å². The maximum atomic E-state index is 12.9. The lowest BCUT2D eigenvalue weighted by Gasteiger charge is -2.17. The number of benzene rings is 1. The number of sulfonamides is 1. The molecule has 0 unspecified atom stereocenters. The Hall–Kier alpha value is -2.26. The van der Waals surface area contributed by atoms with Gasteiger partial charge in [-0.25, -0.2) is 13.1 Å². The summed E-state index contributed by atoms with van der Waals surface area (Å²) >= 11 is 1.19. The number of nitrogens with one attached hydrogen (secondary N) is 1. The van der Waals surface area contributed by atoms with Crippen molar-refractivity contribution in [2.45, 2.75) is 38.0 Å². The minimum Gasteiger partial charge on any atom is -0.253 e. The summed E-state index contributed by atoms with van der Waals surface area (Å²) in [5.41, 5.74) is 0.840. The van der Waals surface area contributed by atoms with Gasteiger partial charge in [0.15, 0.2) is 0 Å². The second kappa shape index (κ2) is 6.23. The summed E-state index contributed by atoms with van der Waals surface area (Å²) in [5, 5.41) is 13.1. The molecule has 0 saturated heterocycles. The van der Waals surface area contributed by atoms with Crippen molar-refractivity contribution in [2.75, 3.05) is 4.72 Å². The van der Waals surface area contributed by atoms with Crippen LogP contribution in [0.15, 0.2) is 41.4 Å². The van der Waals surface area contributed by atoms with Crippen LogP contribution in [-0.2, 0) is 15.4 Å². The summed E-state index contributed by atoms with van der Waals surface area (Å²) in [5.74, 6) is 0. The van der Waals surface area contributed by atoms with E-state index in [0.717, 1.165) is 5.69 Å². The molecule has 0 fully saturated rings. The van der Waals surface area contributed by atoms with Crippen molar-refractivity contribution in [3.8, 4) is 5.69 Å². The van der Waals surface area contributed by atoms with Gasteiger partial charge in [-0.05, 0) is 19.1 Å². The van der Waals surface area contributed by atoms with Gasteiger partial charge in [0.1, 0.15) is 9.90 Å². The number of rotatable bonds is 4. The minimum atomic E-state index is -3.83. The first-order chi connectivity index (χ1) is 11.7. The summed E-state index contributed by atoms with van der Waals surface area (Å²) in [6.07, 6.45) is 1.53. The Morgan fingerprint density at radius 3 is 2.36 bits per heavy atom. The molecule has 2 heterocycles. The molecule has 0 amide bonds. The van der Waals surface area contributed by atoms with Crippen LogP contribution in [0.2, 0.25) is 0 Å². The van der Waals surface area contributed by atoms with Crippen molar-refractivity contribution in [3.05, 3.63) is 47.2 Å². The molecule has 1 aromatic carbocycles. The molecule has 25 heavy (non-hydrogen) atoms. The maximum absolute atomic E-state index is 12.9. The first-order valence-corrected chi connectivity index (χ1v) is 9.95. The molecule has 7 nitrogen and oxygen atoms in total. The number of para-hydroxylation sites is 1. The van der Waals surface area contributed by atoms with E-state index in [9.17, 15) is 8.42 Å². The van der Waals surface area contributed by atoms with Crippen LogP contribution < -0.4 is 4.72 Å². The first-order valence-electron chi connectivity index (χ1n) is 7.65. The van der Waals surface area contributed by atoms with Gasteiger partial charge in [0.25, 0.3) is 10.0 Å². The number of aromatic nitrogens is 4. The molecule has 9 heteroatoms. The van der Waals surface area contributed by atoms with E-state index < -0.39 is 15.4 Å². The highest BCUT2D eigenvalue weighted by molar-refractivity contribution is 7.93. The van der Waals surface area contributed by atoms with Crippen LogP contribution >= 0.6 is 11.3 Å². The van der Waals surface area contributed by atoms with E-state index in [1.54, 1.807) is 11.6 Å². The molecule has 0 saturated carbocycles. The number of aryl methyl sites for hydroxylation is 1. The van der Waals surface area contributed by atoms with Crippen LogP contribution in [0.25, 0.3) is 5.69 Å². The van der Waals surface area contributed by atoms with Gasteiger partial charge in [-0.15, -0.1) is 10.2 Å². The zero-order valence-electron chi connectivity index (χ0n) is 14.4. The van der Waals surface area contributed by atoms with Crippen LogP contribution in [0.3, 0.4) is 0 Å². The van der Waals surface area contributed by atoms with Crippen molar-refractivity contribution < 1.29 is 8.42 Å². The molecule has 0 aliphatic heterocycles. The van der Waals surface area contributed by atoms with Crippen LogP contribution in [-0.4, -0.2) is 28.4 Å². The van der Waals surface area contributed by atoms with Crippen LogP contribution in [0, 0.1) is 6.92 Å². The summed E-state index contributed by atoms with van der Waals surface area (Å²) < 4.78 is 29.9. The van der Waals surface area contributed by atoms with E-state index in [2.05, 4.69) is 20.0 Å². The third-order valence-corrected chi connectivity index (χ3v) is 5.67. The molecule has 0 atom stereocenters. The Morgan fingerprint density at radius 1 is 1.12 bits per heavy atom. The van der Waals surface area contributed by atoms with Crippen molar-refractivity contribution in [1.29, 1.82) is 0 Å². The van der Waals surface area contributed by atoms with Gasteiger partial charge in [0, 0.05) is 5.41 Å². The molecule has 3 rings (SSSR count). The fourth-order valence-electron chi connectivity index (χ4n) is 2.30. The van der Waals surface area contributed by atoms with Gasteiger partial charge in [0.2, 0.25) is 5.13 Å². The molecule has 0 aliphatic rings. The lowest BCUT2D eigenvalue weighted by Crippen LogP contribution is -2.20. The second-order valence-corrected chi connectivity index (χ2v) is 9.44. The van der Waals surface area contributed by atoms with Crippen molar-refractivity contribution >= 4 is 26.5 Å². The van der Waals surface area contributed by atoms with Crippen LogP contribution in [0.5, 0.6) is 0 Å². The van der Waals surface area contributed by atoms with E-state index >= 15 is 0 Å². The summed E-state index contributed by atoms with van der Waals surface area (Å²) in [6.45, 7) is 7.56. The summed E-state index contributed by atoms with van der Waals surface area (Å²) in [6, 6.07) is 9.40. The zero-order valence-corrected chi connectivity index (χ0v) is 16.0. The fourth-order valence-corrected chi connectivity index (χ4v) is 4.45. The Balaban J connectivity index is 2.09. The van der Waals surface area contributed by atoms with E-state index in [-0.39, 0.29) is 10.0 Å². The topological polar surface area (TPSA) is 89.8 Å². The average Bonchev–Trinajstić information content (AvgIpc) is 3.14. The van der Waals surface area contributed by atoms with Gasteiger partial charge in [-0.2, -0.15) is 5.10 Å². The van der Waals surface area contributed by atoms with Crippen molar-refractivity contribution in [1.82, 2.24) is 20.0 Å². The van der Waals surface area contributed by atoms with Gasteiger partial charge in [-0.1, -0.05) is 50.3 Å². The predicted molar refractivity (Wildman–Crippen MR) is 97.7 cm³/mol. The number of hydrogen-bond donors (Lipinski definition) is 1. The van der Waals surface area contributed by atoms with Crippen molar-refractivity contribution in [3.63, 3.8) is 0 Å². The molecular weight excluding hydrogens is 358 g/mol. The average molecular weight is 377 g/mol. The molecule has 132 valence electrons. The molecular formula is C16H19N5O2S2. The maximum Gasteiger partial charge on any atom is 0.267 e. The summed E-state index contributed by atoms with van der Waals surface area (Å²) in [4.78, 5) is 0.136. The van der Waals surface area contributed by atoms with E-state index in [1.807, 2.05) is 51.1 Å². The minimum absolute atomic E-state index is 0.136. The smallest absolute Gasteiger partial charge is 0.253 e. The monoisotopic (exact) mass is 377 g/mol. The van der Waals surface area contributed by atoms with Gasteiger partial charge < -0.3 is 0 Å². The Bertz CT molecular complexity index is 985. The Labute approximate surface area is 150 Å². The molecule has 0 spiro atoms. The lowest BCUT2D eigenvalue weighted by molar-refractivity contribution is 0.543.